The molecule has 25 heavy (non-hydrogen) atoms. The van der Waals surface area contributed by atoms with Crippen molar-refractivity contribution in [2.24, 2.45) is 14.1 Å². The molecule has 0 bridgehead atoms. The molecule has 0 amide bonds. The number of benzene rings is 1. The predicted octanol–water partition coefficient (Wildman–Crippen LogP) is -2.03. The Morgan fingerprint density at radius 2 is 1.96 bits per heavy atom. The number of nitrogens with zero attached hydrogens (tertiary/aromatic N) is 4. The first-order chi connectivity index (χ1) is 11.4. The fraction of sp³-hybridized carbons (Fsp3) is 0.200. The number of carbonyl (C=O) groups is 1. The summed E-state index contributed by atoms with van der Waals surface area (Å²) in [5.74, 6) is -0.0705. The van der Waals surface area contributed by atoms with Gasteiger partial charge in [-0.15, -0.1) is 0 Å². The van der Waals surface area contributed by atoms with E-state index in [0.717, 1.165) is 16.9 Å². The quantitative estimate of drug-likeness (QED) is 0.257. The van der Waals surface area contributed by atoms with Crippen LogP contribution in [0.4, 0.5) is 11.6 Å². The minimum absolute atomic E-state index is 0. The van der Waals surface area contributed by atoms with Crippen LogP contribution in [0.2, 0.25) is 5.15 Å². The number of rotatable bonds is 3. The van der Waals surface area contributed by atoms with Crippen LogP contribution in [0, 0.1) is 0 Å². The fourth-order valence-corrected chi connectivity index (χ4v) is 2.65. The lowest BCUT2D eigenvalue weighted by Gasteiger charge is -2.06. The second-order valence-electron chi connectivity index (χ2n) is 5.23. The van der Waals surface area contributed by atoms with Crippen molar-refractivity contribution in [3.63, 3.8) is 0 Å². The normalized spacial score (nSPS) is 10.5. The first-order valence-corrected chi connectivity index (χ1v) is 7.46. The number of ether oxygens (including phenoxy) is 1. The maximum absolute atomic E-state index is 12.2. The van der Waals surface area contributed by atoms with Crippen LogP contribution in [0.3, 0.4) is 0 Å². The van der Waals surface area contributed by atoms with Crippen LogP contribution in [0.1, 0.15) is 16.3 Å². The zero-order chi connectivity index (χ0) is 17.4. The van der Waals surface area contributed by atoms with Crippen LogP contribution in [-0.4, -0.2) is 20.5 Å². The van der Waals surface area contributed by atoms with E-state index in [1.54, 1.807) is 0 Å². The van der Waals surface area contributed by atoms with Crippen LogP contribution in [0.25, 0.3) is 11.0 Å². The van der Waals surface area contributed by atoms with Crippen LogP contribution >= 0.6 is 11.6 Å². The lowest BCUT2D eigenvalue weighted by molar-refractivity contribution is -0.655. The van der Waals surface area contributed by atoms with E-state index >= 15 is 0 Å². The van der Waals surface area contributed by atoms with Gasteiger partial charge in [-0.1, -0.05) is 23.7 Å². The van der Waals surface area contributed by atoms with Crippen molar-refractivity contribution >= 4 is 40.2 Å². The molecule has 0 atom stereocenters. The van der Waals surface area contributed by atoms with Gasteiger partial charge in [0.1, 0.15) is 0 Å². The molecule has 0 saturated carbocycles. The van der Waals surface area contributed by atoms with Gasteiger partial charge >= 0.3 is 5.97 Å². The Morgan fingerprint density at radius 3 is 2.64 bits per heavy atom. The molecule has 4 N–H and O–H groups in total. The van der Waals surface area contributed by atoms with Crippen molar-refractivity contribution in [2.45, 2.75) is 6.61 Å². The molecule has 0 aliphatic heterocycles. The SMILES string of the molecule is Cn1c(COC(=O)c2nc(Cl)c(N)nc2N)[n+](C)c2ccccc21.[I-]. The number of esters is 1. The molecule has 2 heterocycles. The molecule has 0 radical (unpaired) electrons. The smallest absolute Gasteiger partial charge is 0.361 e. The average Bonchev–Trinajstić information content (AvgIpc) is 2.80. The summed E-state index contributed by atoms with van der Waals surface area (Å²) in [6.45, 7) is 0.0453. The zero-order valence-electron chi connectivity index (χ0n) is 13.5. The monoisotopic (exact) mass is 474 g/mol. The fourth-order valence-electron chi connectivity index (χ4n) is 2.52. The summed E-state index contributed by atoms with van der Waals surface area (Å²) in [5, 5.41) is -0.0914. The number of hydrogen-bond acceptors (Lipinski definition) is 6. The predicted molar refractivity (Wildman–Crippen MR) is 89.1 cm³/mol. The molecule has 0 aliphatic carbocycles. The average molecular weight is 475 g/mol. The molecule has 0 spiro atoms. The van der Waals surface area contributed by atoms with Crippen molar-refractivity contribution in [1.29, 1.82) is 0 Å². The van der Waals surface area contributed by atoms with E-state index in [9.17, 15) is 4.79 Å². The third kappa shape index (κ3) is 3.47. The molecule has 0 saturated heterocycles. The number of fused-ring (bicyclic) bond motifs is 1. The van der Waals surface area contributed by atoms with Crippen LogP contribution in [-0.2, 0) is 25.4 Å². The zero-order valence-corrected chi connectivity index (χ0v) is 16.4. The lowest BCUT2D eigenvalue weighted by Crippen LogP contribution is -3.00. The van der Waals surface area contributed by atoms with Crippen LogP contribution < -0.4 is 40.0 Å². The second-order valence-corrected chi connectivity index (χ2v) is 5.59. The number of halogens is 2. The van der Waals surface area contributed by atoms with Crippen molar-refractivity contribution in [3.05, 3.63) is 40.9 Å². The molecule has 3 aromatic rings. The van der Waals surface area contributed by atoms with Crippen molar-refractivity contribution in [1.82, 2.24) is 14.5 Å². The Labute approximate surface area is 165 Å². The number of aromatic nitrogens is 4. The first-order valence-electron chi connectivity index (χ1n) is 7.08. The Bertz CT molecular complexity index is 920. The Hall–Kier alpha value is -2.14. The minimum Gasteiger partial charge on any atom is -1.00 e. The number of hydrogen-bond donors (Lipinski definition) is 2. The molecular weight excluding hydrogens is 459 g/mol. The van der Waals surface area contributed by atoms with E-state index in [0.29, 0.717) is 0 Å². The van der Waals surface area contributed by atoms with Crippen molar-refractivity contribution in [2.75, 3.05) is 11.5 Å². The highest BCUT2D eigenvalue weighted by Gasteiger charge is 2.23. The standard InChI is InChI=1S/C15H15ClN6O2.HI/c1-21-8-5-3-4-6-9(8)22(2)10(21)7-24-15(23)11-13(17)20-14(18)12(16)19-11;/h3-6H,7H2,1-2H3,(H3-,17,18,20,23);1H. The molecule has 132 valence electrons. The number of carbonyl (C=O) groups excluding carboxylic acids is 1. The minimum atomic E-state index is -0.716. The largest absolute Gasteiger partial charge is 1.00 e. The summed E-state index contributed by atoms with van der Waals surface area (Å²) in [4.78, 5) is 19.8. The molecule has 0 fully saturated rings. The highest BCUT2D eigenvalue weighted by atomic mass is 127. The Morgan fingerprint density at radius 1 is 1.28 bits per heavy atom. The summed E-state index contributed by atoms with van der Waals surface area (Å²) < 4.78 is 9.22. The molecule has 10 heteroatoms. The van der Waals surface area contributed by atoms with Gasteiger partial charge in [0, 0.05) is 0 Å². The number of anilines is 2. The molecule has 0 aliphatic rings. The maximum Gasteiger partial charge on any atom is 0.361 e. The second kappa shape index (κ2) is 7.40. The van der Waals surface area contributed by atoms with Gasteiger partial charge in [-0.3, -0.25) is 0 Å². The summed E-state index contributed by atoms with van der Waals surface area (Å²) in [5.41, 5.74) is 13.1. The summed E-state index contributed by atoms with van der Waals surface area (Å²) >= 11 is 5.78. The maximum atomic E-state index is 12.2. The Kier molecular flexibility index (Phi) is 5.68. The number of para-hydroxylation sites is 2. The number of nitrogen functional groups attached to an aromatic ring is 2. The van der Waals surface area contributed by atoms with E-state index in [4.69, 9.17) is 27.8 Å². The third-order valence-electron chi connectivity index (χ3n) is 3.81. The van der Waals surface area contributed by atoms with E-state index in [-0.39, 0.29) is 53.1 Å². The lowest BCUT2D eigenvalue weighted by atomic mass is 10.3. The van der Waals surface area contributed by atoms with E-state index in [2.05, 4.69) is 9.97 Å². The van der Waals surface area contributed by atoms with Crippen molar-refractivity contribution < 1.29 is 38.1 Å². The summed E-state index contributed by atoms with van der Waals surface area (Å²) in [6.07, 6.45) is 0. The third-order valence-corrected chi connectivity index (χ3v) is 4.09. The van der Waals surface area contributed by atoms with Gasteiger partial charge in [0.05, 0.1) is 14.1 Å². The van der Waals surface area contributed by atoms with Gasteiger partial charge in [0.25, 0.3) is 5.82 Å². The molecular formula is C15H16ClIN6O2. The highest BCUT2D eigenvalue weighted by molar-refractivity contribution is 6.31. The van der Waals surface area contributed by atoms with Crippen LogP contribution in [0.15, 0.2) is 24.3 Å². The molecule has 3 rings (SSSR count). The van der Waals surface area contributed by atoms with Crippen LogP contribution in [0.5, 0.6) is 0 Å². The topological polar surface area (TPSA) is 113 Å². The van der Waals surface area contributed by atoms with E-state index < -0.39 is 5.97 Å². The molecule has 0 unspecified atom stereocenters. The summed E-state index contributed by atoms with van der Waals surface area (Å²) in [7, 11) is 3.81. The molecule has 8 nitrogen and oxygen atoms in total. The van der Waals surface area contributed by atoms with Gasteiger partial charge in [-0.2, -0.15) is 0 Å². The van der Waals surface area contributed by atoms with Crippen molar-refractivity contribution in [3.8, 4) is 0 Å². The van der Waals surface area contributed by atoms with Gasteiger partial charge in [0.15, 0.2) is 40.1 Å². The van der Waals surface area contributed by atoms with Gasteiger partial charge in [0.2, 0.25) is 0 Å². The number of imidazole rings is 1. The van der Waals surface area contributed by atoms with Gasteiger partial charge in [-0.25, -0.2) is 23.9 Å². The van der Waals surface area contributed by atoms with Gasteiger partial charge in [-0.05, 0) is 12.1 Å². The number of aryl methyl sites for hydroxylation is 2. The molecule has 2 aromatic heterocycles. The number of nitrogens with two attached hydrogens (primary N) is 2. The van der Waals surface area contributed by atoms with E-state index in [1.807, 2.05) is 47.5 Å². The Balaban J connectivity index is 0.00000225. The first kappa shape index (κ1) is 19.2. The van der Waals surface area contributed by atoms with E-state index in [1.165, 1.54) is 0 Å². The van der Waals surface area contributed by atoms with Gasteiger partial charge < -0.3 is 40.2 Å². The molecule has 1 aromatic carbocycles. The summed E-state index contributed by atoms with van der Waals surface area (Å²) in [6, 6.07) is 7.88. The highest BCUT2D eigenvalue weighted by Crippen LogP contribution is 2.19.